The summed E-state index contributed by atoms with van der Waals surface area (Å²) in [7, 11) is -3.13. The third kappa shape index (κ3) is 3.56. The quantitative estimate of drug-likeness (QED) is 0.479. The molecular formula is C15H15ClN4O5S. The van der Waals surface area contributed by atoms with Crippen LogP contribution >= 0.6 is 11.6 Å². The van der Waals surface area contributed by atoms with Gasteiger partial charge < -0.3 is 0 Å². The number of nitrogens with one attached hydrogen (secondary N) is 1. The fraction of sp³-hybridized carbons (Fsp3) is 0.333. The monoisotopic (exact) mass is 398 g/mol. The van der Waals surface area contributed by atoms with Crippen molar-refractivity contribution in [2.75, 3.05) is 11.5 Å². The Bertz CT molecular complexity index is 1070. The molecule has 1 saturated heterocycles. The van der Waals surface area contributed by atoms with Gasteiger partial charge in [-0.2, -0.15) is 0 Å². The van der Waals surface area contributed by atoms with Gasteiger partial charge in [-0.1, -0.05) is 11.6 Å². The summed E-state index contributed by atoms with van der Waals surface area (Å²) in [6.07, 6.45) is 1.68. The Morgan fingerprint density at radius 3 is 2.81 bits per heavy atom. The lowest BCUT2D eigenvalue weighted by Crippen LogP contribution is -2.25. The summed E-state index contributed by atoms with van der Waals surface area (Å²) in [6, 6.07) is 3.64. The van der Waals surface area contributed by atoms with Crippen molar-refractivity contribution in [2.45, 2.75) is 19.4 Å². The SMILES string of the molecule is Cc1[nH]n([C@H]2CCS(=O)(=O)C2)c(=O)c1C=Nc1ccc(Cl)c([N+](=O)[O-])c1. The summed E-state index contributed by atoms with van der Waals surface area (Å²) in [5, 5.41) is 13.8. The van der Waals surface area contributed by atoms with Crippen LogP contribution in [0.5, 0.6) is 0 Å². The molecule has 0 radical (unpaired) electrons. The van der Waals surface area contributed by atoms with E-state index in [1.165, 1.54) is 29.1 Å². The van der Waals surface area contributed by atoms with Gasteiger partial charge in [-0.15, -0.1) is 0 Å². The van der Waals surface area contributed by atoms with Crippen molar-refractivity contribution >= 4 is 39.0 Å². The molecule has 11 heteroatoms. The van der Waals surface area contributed by atoms with E-state index in [2.05, 4.69) is 10.1 Å². The molecule has 0 bridgehead atoms. The third-order valence-corrected chi connectivity index (χ3v) is 6.25. The molecule has 26 heavy (non-hydrogen) atoms. The lowest BCUT2D eigenvalue weighted by atomic mass is 10.2. The van der Waals surface area contributed by atoms with Gasteiger partial charge in [0.1, 0.15) is 5.02 Å². The van der Waals surface area contributed by atoms with Gasteiger partial charge in [-0.05, 0) is 25.5 Å². The lowest BCUT2D eigenvalue weighted by molar-refractivity contribution is -0.384. The molecule has 3 rings (SSSR count). The zero-order chi connectivity index (χ0) is 19.1. The molecule has 1 aromatic carbocycles. The minimum atomic E-state index is -3.13. The van der Waals surface area contributed by atoms with Crippen molar-refractivity contribution in [3.05, 3.63) is 54.9 Å². The molecule has 1 atom stereocenters. The number of halogens is 1. The van der Waals surface area contributed by atoms with E-state index < -0.39 is 20.8 Å². The normalized spacial score (nSPS) is 19.2. The van der Waals surface area contributed by atoms with Gasteiger partial charge >= 0.3 is 0 Å². The Hall–Kier alpha value is -2.46. The molecule has 138 valence electrons. The topological polar surface area (TPSA) is 127 Å². The molecule has 9 nitrogen and oxygen atoms in total. The number of benzene rings is 1. The summed E-state index contributed by atoms with van der Waals surface area (Å²) >= 11 is 5.76. The molecular weight excluding hydrogens is 384 g/mol. The second-order valence-electron chi connectivity index (χ2n) is 6.03. The van der Waals surface area contributed by atoms with E-state index >= 15 is 0 Å². The molecule has 0 amide bonds. The van der Waals surface area contributed by atoms with E-state index in [0.717, 1.165) is 0 Å². The number of nitro benzene ring substituents is 1. The lowest BCUT2D eigenvalue weighted by Gasteiger charge is -2.07. The predicted molar refractivity (Wildman–Crippen MR) is 97.5 cm³/mol. The van der Waals surface area contributed by atoms with Gasteiger partial charge in [-0.3, -0.25) is 25.0 Å². The first-order valence-corrected chi connectivity index (χ1v) is 9.87. The summed E-state index contributed by atoms with van der Waals surface area (Å²) in [6.45, 7) is 1.67. The largest absolute Gasteiger partial charge is 0.299 e. The number of aromatic nitrogens is 2. The molecule has 2 aromatic rings. The van der Waals surface area contributed by atoms with E-state index in [-0.39, 0.29) is 39.0 Å². The number of rotatable bonds is 4. The first kappa shape index (κ1) is 18.3. The molecule has 2 heterocycles. The average molecular weight is 399 g/mol. The molecule has 1 fully saturated rings. The number of hydrogen-bond donors (Lipinski definition) is 1. The smallest absolute Gasteiger partial charge is 0.290 e. The number of aromatic amines is 1. The average Bonchev–Trinajstić information content (AvgIpc) is 3.06. The molecule has 1 aromatic heterocycles. The van der Waals surface area contributed by atoms with Gasteiger partial charge in [0.2, 0.25) is 0 Å². The van der Waals surface area contributed by atoms with Crippen molar-refractivity contribution < 1.29 is 13.3 Å². The van der Waals surface area contributed by atoms with Crippen molar-refractivity contribution in [3.8, 4) is 0 Å². The van der Waals surface area contributed by atoms with Crippen LogP contribution in [0.4, 0.5) is 11.4 Å². The fourth-order valence-corrected chi connectivity index (χ4v) is 4.72. The van der Waals surface area contributed by atoms with E-state index in [1.54, 1.807) is 6.92 Å². The predicted octanol–water partition coefficient (Wildman–Crippen LogP) is 2.16. The van der Waals surface area contributed by atoms with Crippen molar-refractivity contribution in [1.82, 2.24) is 9.78 Å². The van der Waals surface area contributed by atoms with E-state index in [1.807, 2.05) is 0 Å². The second-order valence-corrected chi connectivity index (χ2v) is 8.67. The van der Waals surface area contributed by atoms with Crippen LogP contribution in [0, 0.1) is 17.0 Å². The maximum absolute atomic E-state index is 12.6. The highest BCUT2D eigenvalue weighted by atomic mass is 35.5. The van der Waals surface area contributed by atoms with E-state index in [4.69, 9.17) is 11.6 Å². The number of H-pyrrole nitrogens is 1. The third-order valence-electron chi connectivity index (χ3n) is 4.18. The van der Waals surface area contributed by atoms with Crippen LogP contribution in [0.15, 0.2) is 28.0 Å². The fourth-order valence-electron chi connectivity index (χ4n) is 2.83. The molecule has 0 saturated carbocycles. The molecule has 0 aliphatic carbocycles. The highest BCUT2D eigenvalue weighted by Crippen LogP contribution is 2.28. The zero-order valence-corrected chi connectivity index (χ0v) is 15.2. The van der Waals surface area contributed by atoms with Crippen LogP contribution in [0.3, 0.4) is 0 Å². The number of aliphatic imine (C=N–C) groups is 1. The Kier molecular flexibility index (Phi) is 4.72. The van der Waals surface area contributed by atoms with Gasteiger partial charge in [-0.25, -0.2) is 13.1 Å². The van der Waals surface area contributed by atoms with E-state index in [9.17, 15) is 23.3 Å². The Morgan fingerprint density at radius 2 is 2.19 bits per heavy atom. The highest BCUT2D eigenvalue weighted by Gasteiger charge is 2.31. The first-order chi connectivity index (χ1) is 12.2. The molecule has 1 aliphatic heterocycles. The second kappa shape index (κ2) is 6.69. The van der Waals surface area contributed by atoms with Crippen molar-refractivity contribution in [3.63, 3.8) is 0 Å². The van der Waals surface area contributed by atoms with Crippen LogP contribution in [0.25, 0.3) is 0 Å². The van der Waals surface area contributed by atoms with E-state index in [0.29, 0.717) is 12.1 Å². The number of nitrogens with zero attached hydrogens (tertiary/aromatic N) is 3. The zero-order valence-electron chi connectivity index (χ0n) is 13.7. The van der Waals surface area contributed by atoms with Gasteiger partial charge in [0.25, 0.3) is 11.2 Å². The number of sulfone groups is 1. The minimum absolute atomic E-state index is 0.00317. The number of aryl methyl sites for hydroxylation is 1. The first-order valence-electron chi connectivity index (χ1n) is 7.67. The van der Waals surface area contributed by atoms with Crippen molar-refractivity contribution in [1.29, 1.82) is 0 Å². The molecule has 0 spiro atoms. The maximum atomic E-state index is 12.6. The highest BCUT2D eigenvalue weighted by molar-refractivity contribution is 7.91. The van der Waals surface area contributed by atoms with Crippen LogP contribution in [-0.4, -0.2) is 40.8 Å². The van der Waals surface area contributed by atoms with Crippen LogP contribution in [0.2, 0.25) is 5.02 Å². The Morgan fingerprint density at radius 1 is 1.46 bits per heavy atom. The Balaban J connectivity index is 1.92. The van der Waals surface area contributed by atoms with Crippen LogP contribution < -0.4 is 5.56 Å². The van der Waals surface area contributed by atoms with Crippen LogP contribution in [-0.2, 0) is 9.84 Å². The standard InChI is InChI=1S/C15H15ClN4O5S/c1-9-12(7-17-10-2-3-13(16)14(6-10)20(22)23)15(21)19(18-9)11-4-5-26(24,25)8-11/h2-3,6-7,11,18H,4-5,8H2,1H3/t11-/m0/s1. The van der Waals surface area contributed by atoms with Crippen LogP contribution in [0.1, 0.15) is 23.7 Å². The Labute approximate surface area is 153 Å². The molecule has 0 unspecified atom stereocenters. The molecule has 1 N–H and O–H groups in total. The number of hydrogen-bond acceptors (Lipinski definition) is 6. The molecule has 1 aliphatic rings. The van der Waals surface area contributed by atoms with Gasteiger partial charge in [0.05, 0.1) is 33.7 Å². The summed E-state index contributed by atoms with van der Waals surface area (Å²) in [5.74, 6) is -0.0210. The summed E-state index contributed by atoms with van der Waals surface area (Å²) in [4.78, 5) is 27.0. The summed E-state index contributed by atoms with van der Waals surface area (Å²) in [5.41, 5.74) is 0.423. The van der Waals surface area contributed by atoms with Gasteiger partial charge in [0, 0.05) is 18.0 Å². The number of nitro groups is 1. The summed E-state index contributed by atoms with van der Waals surface area (Å²) < 4.78 is 24.6. The van der Waals surface area contributed by atoms with Gasteiger partial charge in [0.15, 0.2) is 9.84 Å². The minimum Gasteiger partial charge on any atom is -0.299 e. The van der Waals surface area contributed by atoms with Crippen molar-refractivity contribution in [2.24, 2.45) is 4.99 Å². The maximum Gasteiger partial charge on any atom is 0.290 e.